The molecule has 9 rings (SSSR count). The number of para-hydroxylation sites is 2. The van der Waals surface area contributed by atoms with Crippen molar-refractivity contribution in [2.75, 3.05) is 4.90 Å². The molecule has 236 valence electrons. The van der Waals surface area contributed by atoms with E-state index in [9.17, 15) is 0 Å². The van der Waals surface area contributed by atoms with Crippen molar-refractivity contribution in [2.45, 2.75) is 0 Å². The van der Waals surface area contributed by atoms with Gasteiger partial charge in [-0.25, -0.2) is 0 Å². The topological polar surface area (TPSA) is 12.5 Å². The summed E-state index contributed by atoms with van der Waals surface area (Å²) >= 11 is 0. The third kappa shape index (κ3) is 5.34. The lowest BCUT2D eigenvalue weighted by Crippen LogP contribution is -2.11. The van der Waals surface area contributed by atoms with Gasteiger partial charge in [0.1, 0.15) is 5.75 Å². The molecule has 0 radical (unpaired) electrons. The van der Waals surface area contributed by atoms with Gasteiger partial charge in [0, 0.05) is 28.1 Å². The van der Waals surface area contributed by atoms with Gasteiger partial charge < -0.3 is 9.64 Å². The molecule has 0 aliphatic carbocycles. The molecule has 1 heterocycles. The number of benzene rings is 8. The van der Waals surface area contributed by atoms with Gasteiger partial charge >= 0.3 is 0 Å². The molecule has 2 heteroatoms. The first-order valence-electron chi connectivity index (χ1n) is 17.0. The van der Waals surface area contributed by atoms with Crippen LogP contribution in [-0.4, -0.2) is 0 Å². The minimum atomic E-state index is 0.821. The van der Waals surface area contributed by atoms with Gasteiger partial charge in [-0.15, -0.1) is 0 Å². The highest BCUT2D eigenvalue weighted by molar-refractivity contribution is 6.01. The van der Waals surface area contributed by atoms with E-state index < -0.39 is 0 Å². The maximum atomic E-state index is 7.08. The van der Waals surface area contributed by atoms with Gasteiger partial charge in [-0.1, -0.05) is 164 Å². The Hall–Kier alpha value is -6.64. The van der Waals surface area contributed by atoms with Crippen LogP contribution in [0.2, 0.25) is 0 Å². The summed E-state index contributed by atoms with van der Waals surface area (Å²) in [7, 11) is 0. The van der Waals surface area contributed by atoms with Crippen molar-refractivity contribution in [1.82, 2.24) is 0 Å². The smallest absolute Gasteiger partial charge is 0.159 e. The molecule has 1 aliphatic heterocycles. The fourth-order valence-electron chi connectivity index (χ4n) is 7.11. The summed E-state index contributed by atoms with van der Waals surface area (Å²) in [6.45, 7) is 0. The van der Waals surface area contributed by atoms with E-state index in [0.717, 1.165) is 45.3 Å². The Morgan fingerprint density at radius 2 is 0.740 bits per heavy atom. The summed E-state index contributed by atoms with van der Waals surface area (Å²) in [5.74, 6) is 1.66. The minimum Gasteiger partial charge on any atom is -0.454 e. The quantitative estimate of drug-likeness (QED) is 0.179. The fraction of sp³-hybridized carbons (Fsp3) is 0. The molecular formula is C48H33NO. The lowest BCUT2D eigenvalue weighted by atomic mass is 9.87. The standard InChI is InChI=1S/C48H33NO/c1-4-14-34(15-5-1)36-26-30-39(31-27-36)49(40-32-28-37(29-33-40)35-16-6-2-7-17-35)45-24-13-23-44-47-41(38-18-8-3-9-19-38)21-12-22-43(47)42-20-10-11-25-46(42)50-48(44)45/h1-33H. The van der Waals surface area contributed by atoms with E-state index in [-0.39, 0.29) is 0 Å². The van der Waals surface area contributed by atoms with Crippen LogP contribution >= 0.6 is 0 Å². The molecule has 0 saturated heterocycles. The zero-order valence-electron chi connectivity index (χ0n) is 27.4. The van der Waals surface area contributed by atoms with E-state index >= 15 is 0 Å². The Morgan fingerprint density at radius 1 is 0.300 bits per heavy atom. The number of rotatable bonds is 6. The average Bonchev–Trinajstić information content (AvgIpc) is 3.35. The second-order valence-electron chi connectivity index (χ2n) is 12.5. The van der Waals surface area contributed by atoms with Gasteiger partial charge in [-0.2, -0.15) is 0 Å². The maximum absolute atomic E-state index is 7.08. The normalized spacial score (nSPS) is 11.4. The fourth-order valence-corrected chi connectivity index (χ4v) is 7.11. The van der Waals surface area contributed by atoms with Gasteiger partial charge in [0.2, 0.25) is 0 Å². The number of anilines is 3. The van der Waals surface area contributed by atoms with Crippen molar-refractivity contribution in [1.29, 1.82) is 0 Å². The van der Waals surface area contributed by atoms with Gasteiger partial charge in [0.15, 0.2) is 5.75 Å². The first-order valence-corrected chi connectivity index (χ1v) is 17.0. The minimum absolute atomic E-state index is 0.821. The molecule has 8 aromatic rings. The highest BCUT2D eigenvalue weighted by Gasteiger charge is 2.28. The molecule has 0 unspecified atom stereocenters. The average molecular weight is 640 g/mol. The second kappa shape index (κ2) is 12.8. The summed E-state index contributed by atoms with van der Waals surface area (Å²) in [6, 6.07) is 70.9. The van der Waals surface area contributed by atoms with E-state index in [2.05, 4.69) is 205 Å². The van der Waals surface area contributed by atoms with Gasteiger partial charge in [0.05, 0.1) is 5.69 Å². The lowest BCUT2D eigenvalue weighted by molar-refractivity contribution is 0.489. The van der Waals surface area contributed by atoms with Gasteiger partial charge in [-0.3, -0.25) is 0 Å². The van der Waals surface area contributed by atoms with Crippen LogP contribution in [0.3, 0.4) is 0 Å². The van der Waals surface area contributed by atoms with Crippen LogP contribution in [0.25, 0.3) is 55.6 Å². The summed E-state index contributed by atoms with van der Waals surface area (Å²) < 4.78 is 7.08. The van der Waals surface area contributed by atoms with Crippen LogP contribution in [0.1, 0.15) is 0 Å². The van der Waals surface area contributed by atoms with Crippen molar-refractivity contribution in [3.05, 3.63) is 200 Å². The zero-order valence-corrected chi connectivity index (χ0v) is 27.4. The zero-order chi connectivity index (χ0) is 33.3. The molecular weight excluding hydrogens is 607 g/mol. The van der Waals surface area contributed by atoms with E-state index in [1.165, 1.54) is 38.9 Å². The van der Waals surface area contributed by atoms with Crippen molar-refractivity contribution >= 4 is 17.1 Å². The molecule has 0 fully saturated rings. The second-order valence-corrected chi connectivity index (χ2v) is 12.5. The molecule has 0 bridgehead atoms. The van der Waals surface area contributed by atoms with Crippen molar-refractivity contribution < 1.29 is 4.74 Å². The number of ether oxygens (including phenoxy) is 1. The third-order valence-electron chi connectivity index (χ3n) is 9.51. The van der Waals surface area contributed by atoms with Crippen LogP contribution in [0, 0.1) is 0 Å². The Morgan fingerprint density at radius 3 is 1.34 bits per heavy atom. The highest BCUT2D eigenvalue weighted by atomic mass is 16.5. The largest absolute Gasteiger partial charge is 0.454 e. The maximum Gasteiger partial charge on any atom is 0.159 e. The van der Waals surface area contributed by atoms with Crippen molar-refractivity contribution in [3.8, 4) is 67.1 Å². The number of hydrogen-bond donors (Lipinski definition) is 0. The molecule has 0 atom stereocenters. The predicted molar refractivity (Wildman–Crippen MR) is 208 cm³/mol. The van der Waals surface area contributed by atoms with Crippen molar-refractivity contribution in [3.63, 3.8) is 0 Å². The van der Waals surface area contributed by atoms with Crippen LogP contribution in [0.15, 0.2) is 200 Å². The van der Waals surface area contributed by atoms with Crippen LogP contribution in [0.4, 0.5) is 17.1 Å². The van der Waals surface area contributed by atoms with Crippen molar-refractivity contribution in [2.24, 2.45) is 0 Å². The Kier molecular flexibility index (Phi) is 7.53. The molecule has 0 saturated carbocycles. The molecule has 0 aromatic heterocycles. The molecule has 8 aromatic carbocycles. The molecule has 0 amide bonds. The first-order chi connectivity index (χ1) is 24.8. The Balaban J connectivity index is 1.27. The number of fused-ring (bicyclic) bond motifs is 5. The highest BCUT2D eigenvalue weighted by Crippen LogP contribution is 2.54. The monoisotopic (exact) mass is 639 g/mol. The number of nitrogens with zero attached hydrogens (tertiary/aromatic N) is 1. The van der Waals surface area contributed by atoms with E-state index in [0.29, 0.717) is 0 Å². The molecule has 50 heavy (non-hydrogen) atoms. The first kappa shape index (κ1) is 29.5. The molecule has 0 spiro atoms. The van der Waals surface area contributed by atoms with E-state index in [1.807, 2.05) is 0 Å². The Labute approximate surface area is 293 Å². The van der Waals surface area contributed by atoms with Crippen LogP contribution in [0.5, 0.6) is 11.5 Å². The molecule has 2 nitrogen and oxygen atoms in total. The summed E-state index contributed by atoms with van der Waals surface area (Å²) in [5, 5.41) is 0. The predicted octanol–water partition coefficient (Wildman–Crippen LogP) is 13.6. The summed E-state index contributed by atoms with van der Waals surface area (Å²) in [6.07, 6.45) is 0. The molecule has 1 aliphatic rings. The third-order valence-corrected chi connectivity index (χ3v) is 9.51. The number of hydrogen-bond acceptors (Lipinski definition) is 2. The SMILES string of the molecule is c1ccc(-c2ccc(N(c3ccc(-c4ccccc4)cc3)c3cccc4c3Oc3ccccc3-c3cccc(-c5ccccc5)c3-4)cc2)cc1. The lowest BCUT2D eigenvalue weighted by Gasteiger charge is -2.28. The Bertz CT molecular complexity index is 2330. The van der Waals surface area contributed by atoms with Crippen LogP contribution < -0.4 is 9.64 Å². The summed E-state index contributed by atoms with van der Waals surface area (Å²) in [5.41, 5.74) is 14.6. The van der Waals surface area contributed by atoms with Gasteiger partial charge in [0.25, 0.3) is 0 Å². The van der Waals surface area contributed by atoms with Crippen LogP contribution in [-0.2, 0) is 0 Å². The summed E-state index contributed by atoms with van der Waals surface area (Å²) in [4.78, 5) is 2.32. The van der Waals surface area contributed by atoms with Gasteiger partial charge in [-0.05, 0) is 75.3 Å². The van der Waals surface area contributed by atoms with E-state index in [1.54, 1.807) is 0 Å². The molecule has 0 N–H and O–H groups in total. The van der Waals surface area contributed by atoms with E-state index in [4.69, 9.17) is 4.74 Å².